The van der Waals surface area contributed by atoms with Gasteiger partial charge in [0.1, 0.15) is 0 Å². The first-order valence-corrected chi connectivity index (χ1v) is 14.2. The van der Waals surface area contributed by atoms with Crippen LogP contribution in [0.2, 0.25) is 0 Å². The standard InChI is InChI=1S/C36H33N/c1-23-14-19-29-30(20-23)31-22-35-32(21-33(31)36(29)26-8-3-2-4-9-26)28-12-5-6-13-34(28)37(35)27-11-7-10-24-15-16-25(24)17-18-27/h3,5-9,11-14,18-22,24-25,36H,2,4,10,15-17H2,1H3. The maximum absolute atomic E-state index is 2.54. The number of fused-ring (bicyclic) bond motifs is 7. The van der Waals surface area contributed by atoms with Gasteiger partial charge in [0, 0.05) is 22.4 Å². The Balaban J connectivity index is 1.40. The molecule has 3 aromatic carbocycles. The van der Waals surface area contributed by atoms with Gasteiger partial charge in [-0.25, -0.2) is 0 Å². The highest BCUT2D eigenvalue weighted by molar-refractivity contribution is 6.12. The lowest BCUT2D eigenvalue weighted by Gasteiger charge is -2.36. The quantitative estimate of drug-likeness (QED) is 0.270. The first kappa shape index (κ1) is 21.5. The van der Waals surface area contributed by atoms with Crippen LogP contribution in [0, 0.1) is 18.8 Å². The van der Waals surface area contributed by atoms with E-state index in [2.05, 4.69) is 103 Å². The van der Waals surface area contributed by atoms with E-state index in [-0.39, 0.29) is 0 Å². The van der Waals surface area contributed by atoms with Gasteiger partial charge in [-0.1, -0.05) is 72.3 Å². The summed E-state index contributed by atoms with van der Waals surface area (Å²) in [7, 11) is 0. The number of aryl methyl sites for hydroxylation is 1. The molecule has 1 fully saturated rings. The number of benzene rings is 3. The van der Waals surface area contributed by atoms with Crippen molar-refractivity contribution >= 4 is 27.5 Å². The SMILES string of the molecule is Cc1ccc2c(c1)-c1cc3c(cc1C2C1=CCCC=C1)c1ccccc1n3C1=CCC2CCC2CC=C1. The molecule has 0 aliphatic heterocycles. The van der Waals surface area contributed by atoms with Gasteiger partial charge in [0.25, 0.3) is 0 Å². The second kappa shape index (κ2) is 8.21. The monoisotopic (exact) mass is 479 g/mol. The first-order valence-electron chi connectivity index (χ1n) is 14.2. The van der Waals surface area contributed by atoms with Crippen LogP contribution in [0.4, 0.5) is 0 Å². The zero-order valence-electron chi connectivity index (χ0n) is 21.6. The van der Waals surface area contributed by atoms with E-state index in [0.717, 1.165) is 24.7 Å². The normalized spacial score (nSPS) is 24.1. The molecule has 1 heterocycles. The summed E-state index contributed by atoms with van der Waals surface area (Å²) in [6, 6.07) is 21.1. The van der Waals surface area contributed by atoms with E-state index >= 15 is 0 Å². The zero-order chi connectivity index (χ0) is 24.5. The molecule has 0 spiro atoms. The highest BCUT2D eigenvalue weighted by Gasteiger charge is 2.33. The summed E-state index contributed by atoms with van der Waals surface area (Å²) in [6.45, 7) is 2.22. The topological polar surface area (TPSA) is 4.93 Å². The molecule has 1 nitrogen and oxygen atoms in total. The summed E-state index contributed by atoms with van der Waals surface area (Å²) in [5.41, 5.74) is 12.5. The van der Waals surface area contributed by atoms with Crippen molar-refractivity contribution in [1.82, 2.24) is 4.57 Å². The van der Waals surface area contributed by atoms with Crippen LogP contribution in [0.15, 0.2) is 96.6 Å². The van der Waals surface area contributed by atoms with Crippen molar-refractivity contribution in [3.63, 3.8) is 0 Å². The van der Waals surface area contributed by atoms with Crippen LogP contribution >= 0.6 is 0 Å². The Morgan fingerprint density at radius 1 is 0.703 bits per heavy atom. The maximum atomic E-state index is 2.54. The molecular formula is C36H33N. The van der Waals surface area contributed by atoms with Crippen LogP contribution in [0.25, 0.3) is 38.6 Å². The third kappa shape index (κ3) is 3.23. The second-order valence-electron chi connectivity index (χ2n) is 11.6. The van der Waals surface area contributed by atoms with Crippen molar-refractivity contribution in [2.24, 2.45) is 11.8 Å². The fourth-order valence-corrected chi connectivity index (χ4v) is 7.44. The summed E-state index contributed by atoms with van der Waals surface area (Å²) in [6.07, 6.45) is 22.1. The van der Waals surface area contributed by atoms with Gasteiger partial charge in [-0.3, -0.25) is 0 Å². The fraction of sp³-hybridized carbons (Fsp3) is 0.278. The predicted octanol–water partition coefficient (Wildman–Crippen LogP) is 9.71. The molecule has 37 heavy (non-hydrogen) atoms. The number of rotatable bonds is 2. The molecule has 0 bridgehead atoms. The Hall–Kier alpha value is -3.58. The smallest absolute Gasteiger partial charge is 0.0547 e. The van der Waals surface area contributed by atoms with E-state index in [0.29, 0.717) is 5.92 Å². The molecule has 1 heteroatoms. The van der Waals surface area contributed by atoms with Gasteiger partial charge in [0.2, 0.25) is 0 Å². The highest BCUT2D eigenvalue weighted by atomic mass is 15.0. The molecule has 4 aliphatic carbocycles. The third-order valence-corrected chi connectivity index (χ3v) is 9.51. The zero-order valence-corrected chi connectivity index (χ0v) is 21.6. The maximum Gasteiger partial charge on any atom is 0.0547 e. The van der Waals surface area contributed by atoms with Gasteiger partial charge < -0.3 is 4.57 Å². The number of nitrogens with zero attached hydrogens (tertiary/aromatic N) is 1. The number of hydrogen-bond donors (Lipinski definition) is 0. The van der Waals surface area contributed by atoms with Crippen LogP contribution in [-0.4, -0.2) is 4.57 Å². The molecule has 0 saturated heterocycles. The molecule has 0 N–H and O–H groups in total. The summed E-state index contributed by atoms with van der Waals surface area (Å²) in [5, 5.41) is 2.74. The minimum Gasteiger partial charge on any atom is -0.310 e. The van der Waals surface area contributed by atoms with Gasteiger partial charge in [0.15, 0.2) is 0 Å². The number of aromatic nitrogens is 1. The van der Waals surface area contributed by atoms with Crippen molar-refractivity contribution in [1.29, 1.82) is 0 Å². The van der Waals surface area contributed by atoms with Crippen molar-refractivity contribution in [3.05, 3.63) is 113 Å². The summed E-state index contributed by atoms with van der Waals surface area (Å²) < 4.78 is 2.54. The number of allylic oxidation sites excluding steroid dienone is 8. The molecule has 0 amide bonds. The average Bonchev–Trinajstić information content (AvgIpc) is 3.40. The van der Waals surface area contributed by atoms with E-state index in [9.17, 15) is 0 Å². The molecule has 3 atom stereocenters. The van der Waals surface area contributed by atoms with Crippen LogP contribution in [0.3, 0.4) is 0 Å². The lowest BCUT2D eigenvalue weighted by molar-refractivity contribution is 0.180. The van der Waals surface area contributed by atoms with Crippen molar-refractivity contribution in [2.75, 3.05) is 0 Å². The molecule has 0 radical (unpaired) electrons. The van der Waals surface area contributed by atoms with E-state index in [1.54, 1.807) is 0 Å². The van der Waals surface area contributed by atoms with Crippen LogP contribution < -0.4 is 0 Å². The number of hydrogen-bond acceptors (Lipinski definition) is 0. The summed E-state index contributed by atoms with van der Waals surface area (Å²) >= 11 is 0. The van der Waals surface area contributed by atoms with E-state index in [1.807, 2.05) is 0 Å². The van der Waals surface area contributed by atoms with Gasteiger partial charge in [-0.2, -0.15) is 0 Å². The highest BCUT2D eigenvalue weighted by Crippen LogP contribution is 2.52. The van der Waals surface area contributed by atoms with E-state index in [4.69, 9.17) is 0 Å². The van der Waals surface area contributed by atoms with Gasteiger partial charge >= 0.3 is 0 Å². The van der Waals surface area contributed by atoms with Crippen LogP contribution in [0.1, 0.15) is 61.1 Å². The largest absolute Gasteiger partial charge is 0.310 e. The molecule has 4 aromatic rings. The molecule has 1 saturated carbocycles. The Morgan fingerprint density at radius 3 is 2.43 bits per heavy atom. The molecule has 8 rings (SSSR count). The average molecular weight is 480 g/mol. The summed E-state index contributed by atoms with van der Waals surface area (Å²) in [4.78, 5) is 0. The van der Waals surface area contributed by atoms with Crippen molar-refractivity contribution in [2.45, 2.75) is 51.4 Å². The lowest BCUT2D eigenvalue weighted by atomic mass is 9.69. The van der Waals surface area contributed by atoms with E-state index < -0.39 is 0 Å². The Kier molecular flexibility index (Phi) is 4.77. The summed E-state index contributed by atoms with van der Waals surface area (Å²) in [5.74, 6) is 2.09. The predicted molar refractivity (Wildman–Crippen MR) is 157 cm³/mol. The number of para-hydroxylation sites is 1. The van der Waals surface area contributed by atoms with Gasteiger partial charge in [0.05, 0.1) is 11.0 Å². The second-order valence-corrected chi connectivity index (χ2v) is 11.6. The molecule has 4 aliphatic rings. The van der Waals surface area contributed by atoms with Gasteiger partial charge in [-0.15, -0.1) is 0 Å². The minimum atomic E-state index is 0.324. The minimum absolute atomic E-state index is 0.324. The molecule has 1 aromatic heterocycles. The van der Waals surface area contributed by atoms with Crippen LogP contribution in [-0.2, 0) is 0 Å². The van der Waals surface area contributed by atoms with E-state index in [1.165, 1.54) is 86.6 Å². The fourth-order valence-electron chi connectivity index (χ4n) is 7.44. The van der Waals surface area contributed by atoms with Crippen molar-refractivity contribution in [3.8, 4) is 11.1 Å². The van der Waals surface area contributed by atoms with Crippen LogP contribution in [0.5, 0.6) is 0 Å². The van der Waals surface area contributed by atoms with Crippen molar-refractivity contribution < 1.29 is 0 Å². The Labute approximate surface area is 219 Å². The Bertz CT molecular complexity index is 1700. The molecule has 182 valence electrons. The van der Waals surface area contributed by atoms with Gasteiger partial charge in [-0.05, 0) is 109 Å². The Morgan fingerprint density at radius 2 is 1.57 bits per heavy atom. The molecular weight excluding hydrogens is 446 g/mol. The molecule has 3 unspecified atom stereocenters. The third-order valence-electron chi connectivity index (χ3n) is 9.51. The lowest BCUT2D eigenvalue weighted by Crippen LogP contribution is -2.25. The first-order chi connectivity index (χ1) is 18.3.